The number of aromatic nitrogens is 2. The van der Waals surface area contributed by atoms with E-state index >= 15 is 0 Å². The average molecular weight is 256 g/mol. The minimum absolute atomic E-state index is 0.285. The number of fused-ring (bicyclic) bond motifs is 1. The molecule has 2 aromatic rings. The van der Waals surface area contributed by atoms with Crippen LogP contribution in [0.1, 0.15) is 26.2 Å². The number of rotatable bonds is 4. The van der Waals surface area contributed by atoms with Crippen LogP contribution in [0.25, 0.3) is 11.0 Å². The summed E-state index contributed by atoms with van der Waals surface area (Å²) in [6, 6.07) is 2.18. The zero-order valence-electron chi connectivity index (χ0n) is 9.59. The van der Waals surface area contributed by atoms with Gasteiger partial charge in [0, 0.05) is 12.6 Å². The number of nitrogens with one attached hydrogen (secondary N) is 1. The predicted octanol–water partition coefficient (Wildman–Crippen LogP) is 4.17. The van der Waals surface area contributed by atoms with Crippen LogP contribution < -0.4 is 0 Å². The third kappa shape index (κ3) is 2.39. The lowest BCUT2D eigenvalue weighted by molar-refractivity contribution is 0.586. The van der Waals surface area contributed by atoms with Gasteiger partial charge in [0.25, 0.3) is 0 Å². The molecule has 0 spiro atoms. The van der Waals surface area contributed by atoms with E-state index in [0.717, 1.165) is 25.3 Å². The van der Waals surface area contributed by atoms with Crippen LogP contribution >= 0.6 is 12.2 Å². The molecule has 2 nitrogen and oxygen atoms in total. The van der Waals surface area contributed by atoms with Crippen LogP contribution in [0.5, 0.6) is 0 Å². The Labute approximate surface area is 103 Å². The molecule has 0 saturated carbocycles. The van der Waals surface area contributed by atoms with Crippen molar-refractivity contribution in [1.29, 1.82) is 0 Å². The van der Waals surface area contributed by atoms with E-state index in [-0.39, 0.29) is 5.52 Å². The fraction of sp³-hybridized carbons (Fsp3) is 0.417. The zero-order valence-corrected chi connectivity index (χ0v) is 10.4. The molecule has 0 radical (unpaired) electrons. The molecule has 1 aromatic carbocycles. The quantitative estimate of drug-likeness (QED) is 0.643. The highest BCUT2D eigenvalue weighted by molar-refractivity contribution is 7.71. The lowest BCUT2D eigenvalue weighted by Gasteiger charge is -2.03. The van der Waals surface area contributed by atoms with Gasteiger partial charge in [-0.15, -0.1) is 0 Å². The molecule has 0 amide bonds. The second-order valence-corrected chi connectivity index (χ2v) is 4.46. The first-order valence-corrected chi connectivity index (χ1v) is 6.12. The summed E-state index contributed by atoms with van der Waals surface area (Å²) in [4.78, 5) is 2.79. The van der Waals surface area contributed by atoms with E-state index in [0.29, 0.717) is 16.8 Å². The number of halogens is 2. The van der Waals surface area contributed by atoms with Gasteiger partial charge in [0.2, 0.25) is 0 Å². The Hall–Kier alpha value is -1.23. The van der Waals surface area contributed by atoms with Gasteiger partial charge in [0.15, 0.2) is 10.6 Å². The van der Waals surface area contributed by atoms with E-state index in [2.05, 4.69) is 11.9 Å². The van der Waals surface area contributed by atoms with Crippen molar-refractivity contribution in [3.8, 4) is 0 Å². The zero-order chi connectivity index (χ0) is 12.4. The Bertz CT molecular complexity index is 586. The SMILES string of the molecule is CCCCCn1c(=S)[nH]c2c(F)cc(F)cc21. The highest BCUT2D eigenvalue weighted by Gasteiger charge is 2.10. The van der Waals surface area contributed by atoms with Gasteiger partial charge >= 0.3 is 0 Å². The molecule has 2 rings (SSSR count). The van der Waals surface area contributed by atoms with Gasteiger partial charge in [-0.25, -0.2) is 8.78 Å². The Morgan fingerprint density at radius 2 is 2.06 bits per heavy atom. The van der Waals surface area contributed by atoms with Crippen LogP contribution in [-0.2, 0) is 6.54 Å². The van der Waals surface area contributed by atoms with Crippen LogP contribution in [0, 0.1) is 16.4 Å². The van der Waals surface area contributed by atoms with E-state index < -0.39 is 11.6 Å². The van der Waals surface area contributed by atoms with E-state index in [4.69, 9.17) is 12.2 Å². The van der Waals surface area contributed by atoms with Crippen molar-refractivity contribution >= 4 is 23.3 Å². The Morgan fingerprint density at radius 3 is 2.76 bits per heavy atom. The van der Waals surface area contributed by atoms with Crippen molar-refractivity contribution in [3.05, 3.63) is 28.5 Å². The maximum absolute atomic E-state index is 13.5. The molecule has 1 aromatic heterocycles. The van der Waals surface area contributed by atoms with Crippen molar-refractivity contribution in [1.82, 2.24) is 9.55 Å². The fourth-order valence-electron chi connectivity index (χ4n) is 1.92. The number of benzene rings is 1. The minimum Gasteiger partial charge on any atom is -0.328 e. The van der Waals surface area contributed by atoms with E-state index in [1.54, 1.807) is 4.57 Å². The molecule has 17 heavy (non-hydrogen) atoms. The minimum atomic E-state index is -0.597. The summed E-state index contributed by atoms with van der Waals surface area (Å²) in [5.41, 5.74) is 0.788. The first-order chi connectivity index (χ1) is 8.13. The van der Waals surface area contributed by atoms with E-state index in [1.165, 1.54) is 6.07 Å². The average Bonchev–Trinajstić information content (AvgIpc) is 2.57. The molecule has 0 aliphatic heterocycles. The topological polar surface area (TPSA) is 20.7 Å². The maximum Gasteiger partial charge on any atom is 0.178 e. The first kappa shape index (κ1) is 12.2. The second kappa shape index (κ2) is 4.96. The molecule has 0 unspecified atom stereocenters. The normalized spacial score (nSPS) is 11.2. The maximum atomic E-state index is 13.5. The number of H-pyrrole nitrogens is 1. The van der Waals surface area contributed by atoms with Crippen LogP contribution in [0.4, 0.5) is 8.78 Å². The summed E-state index contributed by atoms with van der Waals surface area (Å²) >= 11 is 5.12. The second-order valence-electron chi connectivity index (χ2n) is 4.07. The molecule has 92 valence electrons. The van der Waals surface area contributed by atoms with Crippen molar-refractivity contribution in [3.63, 3.8) is 0 Å². The van der Waals surface area contributed by atoms with Gasteiger partial charge in [-0.1, -0.05) is 19.8 Å². The van der Waals surface area contributed by atoms with Crippen molar-refractivity contribution in [2.75, 3.05) is 0 Å². The number of nitrogens with zero attached hydrogens (tertiary/aromatic N) is 1. The fourth-order valence-corrected chi connectivity index (χ4v) is 2.21. The predicted molar refractivity (Wildman–Crippen MR) is 66.6 cm³/mol. The van der Waals surface area contributed by atoms with Gasteiger partial charge in [0.1, 0.15) is 11.3 Å². The number of aromatic amines is 1. The smallest absolute Gasteiger partial charge is 0.178 e. The Morgan fingerprint density at radius 1 is 1.29 bits per heavy atom. The summed E-state index contributed by atoms with van der Waals surface area (Å²) in [7, 11) is 0. The summed E-state index contributed by atoms with van der Waals surface area (Å²) < 4.78 is 28.9. The number of aryl methyl sites for hydroxylation is 1. The highest BCUT2D eigenvalue weighted by Crippen LogP contribution is 2.20. The number of hydrogen-bond donors (Lipinski definition) is 1. The molecule has 0 bridgehead atoms. The molecule has 0 saturated heterocycles. The Balaban J connectivity index is 2.47. The number of imidazole rings is 1. The van der Waals surface area contributed by atoms with Gasteiger partial charge in [-0.3, -0.25) is 0 Å². The molecule has 5 heteroatoms. The van der Waals surface area contributed by atoms with Crippen molar-refractivity contribution < 1.29 is 8.78 Å². The standard InChI is InChI=1S/C12H14F2N2S/c1-2-3-4-5-16-10-7-8(13)6-9(14)11(10)15-12(16)17/h6-7H,2-5H2,1H3,(H,15,17). The summed E-state index contributed by atoms with van der Waals surface area (Å²) in [5.74, 6) is -1.17. The van der Waals surface area contributed by atoms with Crippen LogP contribution in [0.3, 0.4) is 0 Å². The van der Waals surface area contributed by atoms with E-state index in [1.807, 2.05) is 0 Å². The van der Waals surface area contributed by atoms with Gasteiger partial charge in [-0.2, -0.15) is 0 Å². The number of hydrogen-bond acceptors (Lipinski definition) is 1. The lowest BCUT2D eigenvalue weighted by Crippen LogP contribution is -1.98. The number of unbranched alkanes of at least 4 members (excludes halogenated alkanes) is 2. The highest BCUT2D eigenvalue weighted by atomic mass is 32.1. The monoisotopic (exact) mass is 256 g/mol. The van der Waals surface area contributed by atoms with Crippen LogP contribution in [0.2, 0.25) is 0 Å². The molecular formula is C12H14F2N2S. The largest absolute Gasteiger partial charge is 0.328 e. The van der Waals surface area contributed by atoms with Gasteiger partial charge < -0.3 is 9.55 Å². The molecule has 0 aliphatic rings. The summed E-state index contributed by atoms with van der Waals surface area (Å²) in [5, 5.41) is 0. The van der Waals surface area contributed by atoms with Crippen molar-refractivity contribution in [2.45, 2.75) is 32.7 Å². The van der Waals surface area contributed by atoms with E-state index in [9.17, 15) is 8.78 Å². The molecule has 0 fully saturated rings. The third-order valence-corrected chi connectivity index (χ3v) is 3.11. The van der Waals surface area contributed by atoms with Gasteiger partial charge in [-0.05, 0) is 24.7 Å². The molecule has 0 aliphatic carbocycles. The summed E-state index contributed by atoms with van der Waals surface area (Å²) in [6.45, 7) is 2.80. The summed E-state index contributed by atoms with van der Waals surface area (Å²) in [6.07, 6.45) is 3.13. The molecule has 1 N–H and O–H groups in total. The van der Waals surface area contributed by atoms with Crippen LogP contribution in [-0.4, -0.2) is 9.55 Å². The molecule has 0 atom stereocenters. The lowest BCUT2D eigenvalue weighted by atomic mass is 10.2. The van der Waals surface area contributed by atoms with Crippen molar-refractivity contribution in [2.24, 2.45) is 0 Å². The Kier molecular flexibility index (Phi) is 3.57. The van der Waals surface area contributed by atoms with Crippen LogP contribution in [0.15, 0.2) is 12.1 Å². The third-order valence-electron chi connectivity index (χ3n) is 2.79. The first-order valence-electron chi connectivity index (χ1n) is 5.71. The molecular weight excluding hydrogens is 242 g/mol. The molecule has 1 heterocycles. The van der Waals surface area contributed by atoms with Gasteiger partial charge in [0.05, 0.1) is 5.52 Å².